The molecule has 0 aliphatic heterocycles. The highest BCUT2D eigenvalue weighted by molar-refractivity contribution is 7.09. The first-order valence-corrected chi connectivity index (χ1v) is 7.26. The summed E-state index contributed by atoms with van der Waals surface area (Å²) in [6, 6.07) is 4.07. The van der Waals surface area contributed by atoms with Crippen molar-refractivity contribution < 1.29 is 4.92 Å². The van der Waals surface area contributed by atoms with E-state index < -0.39 is 4.92 Å². The summed E-state index contributed by atoms with van der Waals surface area (Å²) >= 11 is 1.70. The fraction of sp³-hybridized carbons (Fsp3) is 0.333. The molecule has 0 aliphatic rings. The van der Waals surface area contributed by atoms with Gasteiger partial charge in [-0.15, -0.1) is 11.3 Å². The Morgan fingerprint density at radius 2 is 2.48 bits per heavy atom. The number of nitro groups is 1. The Balaban J connectivity index is 1.68. The molecular formula is C12H16N6O2S. The summed E-state index contributed by atoms with van der Waals surface area (Å²) in [5.41, 5.74) is 5.71. The number of hydrogen-bond donors (Lipinski definition) is 2. The van der Waals surface area contributed by atoms with Crippen LogP contribution in [0.1, 0.15) is 4.88 Å². The Morgan fingerprint density at radius 3 is 3.14 bits per heavy atom. The van der Waals surface area contributed by atoms with Crippen LogP contribution in [0.4, 0.5) is 5.69 Å². The van der Waals surface area contributed by atoms with Crippen molar-refractivity contribution in [1.29, 1.82) is 0 Å². The van der Waals surface area contributed by atoms with Crippen molar-refractivity contribution in [2.75, 3.05) is 13.1 Å². The second-order valence-corrected chi connectivity index (χ2v) is 5.27. The van der Waals surface area contributed by atoms with Crippen LogP contribution < -0.4 is 11.1 Å². The third-order valence-electron chi connectivity index (χ3n) is 2.70. The molecule has 0 saturated heterocycles. The van der Waals surface area contributed by atoms with Crippen molar-refractivity contribution in [2.45, 2.75) is 13.0 Å². The topological polar surface area (TPSA) is 111 Å². The highest BCUT2D eigenvalue weighted by atomic mass is 32.1. The van der Waals surface area contributed by atoms with Crippen molar-refractivity contribution in [3.05, 3.63) is 44.9 Å². The van der Waals surface area contributed by atoms with Crippen LogP contribution in [0.3, 0.4) is 0 Å². The molecule has 0 aliphatic carbocycles. The second-order valence-electron chi connectivity index (χ2n) is 4.24. The van der Waals surface area contributed by atoms with E-state index in [1.54, 1.807) is 11.3 Å². The molecule has 0 spiro atoms. The molecule has 0 radical (unpaired) electrons. The molecule has 0 saturated carbocycles. The molecule has 2 aromatic rings. The number of rotatable bonds is 7. The maximum Gasteiger partial charge on any atom is 0.306 e. The van der Waals surface area contributed by atoms with Crippen molar-refractivity contribution in [3.8, 4) is 0 Å². The van der Waals surface area contributed by atoms with Crippen LogP contribution >= 0.6 is 11.3 Å². The average Bonchev–Trinajstić information content (AvgIpc) is 3.09. The molecule has 2 aromatic heterocycles. The van der Waals surface area contributed by atoms with E-state index in [4.69, 9.17) is 5.73 Å². The van der Waals surface area contributed by atoms with Gasteiger partial charge in [0, 0.05) is 24.4 Å². The van der Waals surface area contributed by atoms with Gasteiger partial charge < -0.3 is 11.1 Å². The quantitative estimate of drug-likeness (QED) is 0.343. The molecular weight excluding hydrogens is 292 g/mol. The van der Waals surface area contributed by atoms with Gasteiger partial charge in [0.25, 0.3) is 0 Å². The van der Waals surface area contributed by atoms with Gasteiger partial charge in [0.15, 0.2) is 5.96 Å². The van der Waals surface area contributed by atoms with E-state index in [-0.39, 0.29) is 5.69 Å². The Labute approximate surface area is 125 Å². The van der Waals surface area contributed by atoms with Gasteiger partial charge in [-0.2, -0.15) is 5.10 Å². The zero-order chi connectivity index (χ0) is 15.1. The lowest BCUT2D eigenvalue weighted by Crippen LogP contribution is -2.34. The smallest absolute Gasteiger partial charge is 0.306 e. The third kappa shape index (κ3) is 4.88. The SMILES string of the molecule is NC(=NCCc1cccs1)NCCn1cc([N+](=O)[O-])cn1. The van der Waals surface area contributed by atoms with Crippen LogP contribution in [0.5, 0.6) is 0 Å². The molecule has 0 aromatic carbocycles. The van der Waals surface area contributed by atoms with Crippen LogP contribution in [0, 0.1) is 10.1 Å². The fourth-order valence-electron chi connectivity index (χ4n) is 1.67. The first kappa shape index (κ1) is 15.0. The second kappa shape index (κ2) is 7.39. The summed E-state index contributed by atoms with van der Waals surface area (Å²) in [5.74, 6) is 0.369. The van der Waals surface area contributed by atoms with Gasteiger partial charge in [-0.3, -0.25) is 19.8 Å². The predicted octanol–water partition coefficient (Wildman–Crippen LogP) is 1.000. The minimum Gasteiger partial charge on any atom is -0.370 e. The number of nitrogens with one attached hydrogen (secondary N) is 1. The molecule has 0 fully saturated rings. The van der Waals surface area contributed by atoms with Gasteiger partial charge in [-0.05, 0) is 11.4 Å². The normalized spacial score (nSPS) is 11.5. The van der Waals surface area contributed by atoms with Gasteiger partial charge in [0.1, 0.15) is 12.4 Å². The van der Waals surface area contributed by atoms with Gasteiger partial charge in [-0.1, -0.05) is 6.07 Å². The van der Waals surface area contributed by atoms with Gasteiger partial charge in [0.2, 0.25) is 0 Å². The number of aromatic nitrogens is 2. The van der Waals surface area contributed by atoms with Crippen LogP contribution in [0.2, 0.25) is 0 Å². The van der Waals surface area contributed by atoms with Gasteiger partial charge in [-0.25, -0.2) is 0 Å². The van der Waals surface area contributed by atoms with Crippen LogP contribution in [0.25, 0.3) is 0 Å². The minimum atomic E-state index is -0.475. The summed E-state index contributed by atoms with van der Waals surface area (Å²) < 4.78 is 1.49. The lowest BCUT2D eigenvalue weighted by molar-refractivity contribution is -0.385. The first-order valence-electron chi connectivity index (χ1n) is 6.38. The highest BCUT2D eigenvalue weighted by Crippen LogP contribution is 2.08. The first-order chi connectivity index (χ1) is 10.1. The van der Waals surface area contributed by atoms with Crippen molar-refractivity contribution in [2.24, 2.45) is 10.7 Å². The maximum atomic E-state index is 10.5. The number of guanidine groups is 1. The number of nitrogens with zero attached hydrogens (tertiary/aromatic N) is 4. The van der Waals surface area contributed by atoms with E-state index in [0.29, 0.717) is 25.6 Å². The highest BCUT2D eigenvalue weighted by Gasteiger charge is 2.07. The molecule has 2 rings (SSSR count). The van der Waals surface area contributed by atoms with Gasteiger partial charge in [0.05, 0.1) is 11.5 Å². The summed E-state index contributed by atoms with van der Waals surface area (Å²) in [7, 11) is 0. The van der Waals surface area contributed by atoms with E-state index in [1.165, 1.54) is 22.0 Å². The van der Waals surface area contributed by atoms with Crippen molar-refractivity contribution >= 4 is 23.0 Å². The largest absolute Gasteiger partial charge is 0.370 e. The van der Waals surface area contributed by atoms with Crippen LogP contribution in [-0.2, 0) is 13.0 Å². The standard InChI is InChI=1S/C12H16N6O2S/c13-12(14-4-3-11-2-1-7-21-11)15-5-6-17-9-10(8-16-17)18(19)20/h1-2,7-9H,3-6H2,(H3,13,14,15). The van der Waals surface area contributed by atoms with E-state index in [9.17, 15) is 10.1 Å². The summed E-state index contributed by atoms with van der Waals surface area (Å²) in [6.45, 7) is 1.62. The third-order valence-corrected chi connectivity index (χ3v) is 3.63. The Morgan fingerprint density at radius 1 is 1.62 bits per heavy atom. The number of aliphatic imine (C=N–C) groups is 1. The number of nitrogens with two attached hydrogens (primary N) is 1. The fourth-order valence-corrected chi connectivity index (χ4v) is 2.36. The zero-order valence-electron chi connectivity index (χ0n) is 11.3. The van der Waals surface area contributed by atoms with Crippen LogP contribution in [-0.4, -0.2) is 33.8 Å². The lowest BCUT2D eigenvalue weighted by atomic mass is 10.3. The van der Waals surface area contributed by atoms with Crippen molar-refractivity contribution in [1.82, 2.24) is 15.1 Å². The number of thiophene rings is 1. The van der Waals surface area contributed by atoms with E-state index in [2.05, 4.69) is 21.5 Å². The van der Waals surface area contributed by atoms with Crippen molar-refractivity contribution in [3.63, 3.8) is 0 Å². The Bertz CT molecular complexity index is 607. The Hall–Kier alpha value is -2.42. The molecule has 8 nitrogen and oxygen atoms in total. The predicted molar refractivity (Wildman–Crippen MR) is 81.4 cm³/mol. The molecule has 21 heavy (non-hydrogen) atoms. The molecule has 0 unspecified atom stereocenters. The summed E-state index contributed by atoms with van der Waals surface area (Å²) in [4.78, 5) is 15.5. The summed E-state index contributed by atoms with van der Waals surface area (Å²) in [5, 5.41) is 19.4. The Kier molecular flexibility index (Phi) is 5.27. The maximum absolute atomic E-state index is 10.5. The van der Waals surface area contributed by atoms with E-state index in [1.807, 2.05) is 11.4 Å². The molecule has 0 atom stereocenters. The lowest BCUT2D eigenvalue weighted by Gasteiger charge is -2.05. The average molecular weight is 308 g/mol. The van der Waals surface area contributed by atoms with E-state index >= 15 is 0 Å². The molecule has 0 amide bonds. The van der Waals surface area contributed by atoms with E-state index in [0.717, 1.165) is 6.42 Å². The molecule has 2 heterocycles. The van der Waals surface area contributed by atoms with Crippen LogP contribution in [0.15, 0.2) is 34.9 Å². The minimum absolute atomic E-state index is 0.0208. The monoisotopic (exact) mass is 308 g/mol. The molecule has 0 bridgehead atoms. The summed E-state index contributed by atoms with van der Waals surface area (Å²) in [6.07, 6.45) is 3.47. The zero-order valence-corrected chi connectivity index (χ0v) is 12.1. The molecule has 3 N–H and O–H groups in total. The van der Waals surface area contributed by atoms with Gasteiger partial charge >= 0.3 is 5.69 Å². The molecule has 112 valence electrons. The molecule has 9 heteroatoms. The number of hydrogen-bond acceptors (Lipinski definition) is 5.